The highest BCUT2D eigenvalue weighted by Gasteiger charge is 2.17. The number of ether oxygens (including phenoxy) is 1. The van der Waals surface area contributed by atoms with E-state index in [1.807, 2.05) is 45.0 Å². The fraction of sp³-hybridized carbons (Fsp3) is 0.588. The Morgan fingerprint density at radius 3 is 2.48 bits per heavy atom. The minimum atomic E-state index is -0.179. The van der Waals surface area contributed by atoms with Crippen LogP contribution in [0.5, 0.6) is 5.75 Å². The third-order valence-electron chi connectivity index (χ3n) is 3.77. The molecule has 0 saturated carbocycles. The lowest BCUT2D eigenvalue weighted by atomic mass is 9.89. The minimum absolute atomic E-state index is 0.0296. The maximum absolute atomic E-state index is 12.1. The molecule has 0 spiro atoms. The molecule has 1 aromatic carbocycles. The van der Waals surface area contributed by atoms with E-state index in [-0.39, 0.29) is 23.8 Å². The zero-order valence-electron chi connectivity index (χ0n) is 13.5. The van der Waals surface area contributed by atoms with E-state index < -0.39 is 0 Å². The third kappa shape index (κ3) is 5.76. The van der Waals surface area contributed by atoms with E-state index in [1.165, 1.54) is 0 Å². The van der Waals surface area contributed by atoms with Gasteiger partial charge in [-0.15, -0.1) is 0 Å². The van der Waals surface area contributed by atoms with Crippen molar-refractivity contribution < 1.29 is 14.6 Å². The first-order chi connectivity index (χ1) is 9.89. The van der Waals surface area contributed by atoms with Gasteiger partial charge in [-0.1, -0.05) is 26.0 Å². The molecule has 0 bridgehead atoms. The van der Waals surface area contributed by atoms with Crippen LogP contribution in [0.15, 0.2) is 24.3 Å². The SMILES string of the molecule is COc1ccc(C(C)C(=O)NCCCC(C)(C)CO)cc1. The van der Waals surface area contributed by atoms with Crippen molar-refractivity contribution in [2.24, 2.45) is 5.41 Å². The van der Waals surface area contributed by atoms with Crippen molar-refractivity contribution in [1.29, 1.82) is 0 Å². The Balaban J connectivity index is 2.40. The predicted molar refractivity (Wildman–Crippen MR) is 84.5 cm³/mol. The first-order valence-electron chi connectivity index (χ1n) is 7.42. The predicted octanol–water partition coefficient (Wildman–Crippen LogP) is 2.71. The fourth-order valence-corrected chi connectivity index (χ4v) is 2.05. The Bertz CT molecular complexity index is 440. The molecular formula is C17H27NO3. The molecule has 0 heterocycles. The van der Waals surface area contributed by atoms with Crippen LogP contribution in [0.25, 0.3) is 0 Å². The van der Waals surface area contributed by atoms with E-state index in [1.54, 1.807) is 7.11 Å². The number of rotatable bonds is 8. The first kappa shape index (κ1) is 17.5. The summed E-state index contributed by atoms with van der Waals surface area (Å²) in [7, 11) is 1.62. The molecule has 0 aromatic heterocycles. The number of hydrogen-bond acceptors (Lipinski definition) is 3. The standard InChI is InChI=1S/C17H27NO3/c1-13(14-6-8-15(21-4)9-7-14)16(20)18-11-5-10-17(2,3)12-19/h6-9,13,19H,5,10-12H2,1-4H3,(H,18,20). The number of aliphatic hydroxyl groups excluding tert-OH is 1. The summed E-state index contributed by atoms with van der Waals surface area (Å²) in [6, 6.07) is 7.56. The van der Waals surface area contributed by atoms with Crippen LogP contribution >= 0.6 is 0 Å². The van der Waals surface area contributed by atoms with Crippen molar-refractivity contribution >= 4 is 5.91 Å². The van der Waals surface area contributed by atoms with Gasteiger partial charge in [-0.2, -0.15) is 0 Å². The van der Waals surface area contributed by atoms with Crippen LogP contribution in [0.4, 0.5) is 0 Å². The Hall–Kier alpha value is -1.55. The zero-order chi connectivity index (χ0) is 15.9. The molecule has 118 valence electrons. The Kier molecular flexibility index (Phi) is 6.69. The molecule has 0 fully saturated rings. The summed E-state index contributed by atoms with van der Waals surface area (Å²) in [6.45, 7) is 6.75. The molecule has 0 aliphatic heterocycles. The lowest BCUT2D eigenvalue weighted by molar-refractivity contribution is -0.122. The molecule has 1 rings (SSSR count). The quantitative estimate of drug-likeness (QED) is 0.725. The molecule has 0 radical (unpaired) electrons. The maximum atomic E-state index is 12.1. The zero-order valence-corrected chi connectivity index (χ0v) is 13.5. The van der Waals surface area contributed by atoms with Crippen molar-refractivity contribution in [3.63, 3.8) is 0 Å². The van der Waals surface area contributed by atoms with Gasteiger partial charge in [0, 0.05) is 13.2 Å². The summed E-state index contributed by atoms with van der Waals surface area (Å²) < 4.78 is 5.11. The number of hydrogen-bond donors (Lipinski definition) is 2. The van der Waals surface area contributed by atoms with Crippen LogP contribution < -0.4 is 10.1 Å². The van der Waals surface area contributed by atoms with Crippen molar-refractivity contribution in [2.75, 3.05) is 20.3 Å². The normalized spacial score (nSPS) is 12.8. The third-order valence-corrected chi connectivity index (χ3v) is 3.77. The Labute approximate surface area is 127 Å². The lowest BCUT2D eigenvalue weighted by Gasteiger charge is -2.21. The first-order valence-corrected chi connectivity index (χ1v) is 7.42. The second-order valence-electron chi connectivity index (χ2n) is 6.21. The number of carbonyl (C=O) groups is 1. The van der Waals surface area contributed by atoms with Crippen LogP contribution in [0.2, 0.25) is 0 Å². The van der Waals surface area contributed by atoms with Crippen molar-refractivity contribution in [3.05, 3.63) is 29.8 Å². The Morgan fingerprint density at radius 1 is 1.33 bits per heavy atom. The van der Waals surface area contributed by atoms with Crippen LogP contribution in [-0.4, -0.2) is 31.3 Å². The Morgan fingerprint density at radius 2 is 1.95 bits per heavy atom. The number of benzene rings is 1. The highest BCUT2D eigenvalue weighted by Crippen LogP contribution is 2.21. The topological polar surface area (TPSA) is 58.6 Å². The molecule has 21 heavy (non-hydrogen) atoms. The van der Waals surface area contributed by atoms with Gasteiger partial charge in [0.15, 0.2) is 0 Å². The number of nitrogens with one attached hydrogen (secondary N) is 1. The summed E-state index contributed by atoms with van der Waals surface area (Å²) in [4.78, 5) is 12.1. The largest absolute Gasteiger partial charge is 0.497 e. The van der Waals surface area contributed by atoms with Crippen LogP contribution in [-0.2, 0) is 4.79 Å². The monoisotopic (exact) mass is 293 g/mol. The highest BCUT2D eigenvalue weighted by atomic mass is 16.5. The maximum Gasteiger partial charge on any atom is 0.227 e. The molecule has 0 saturated heterocycles. The fourth-order valence-electron chi connectivity index (χ4n) is 2.05. The molecule has 1 aromatic rings. The smallest absolute Gasteiger partial charge is 0.227 e. The van der Waals surface area contributed by atoms with Gasteiger partial charge < -0.3 is 15.2 Å². The van der Waals surface area contributed by atoms with Crippen molar-refractivity contribution in [2.45, 2.75) is 39.5 Å². The van der Waals surface area contributed by atoms with E-state index in [0.717, 1.165) is 24.2 Å². The second-order valence-corrected chi connectivity index (χ2v) is 6.21. The molecule has 0 aliphatic rings. The highest BCUT2D eigenvalue weighted by molar-refractivity contribution is 5.83. The second kappa shape index (κ2) is 8.03. The molecule has 4 nitrogen and oxygen atoms in total. The van der Waals surface area contributed by atoms with E-state index in [0.29, 0.717) is 6.54 Å². The summed E-state index contributed by atoms with van der Waals surface area (Å²) in [5, 5.41) is 12.1. The summed E-state index contributed by atoms with van der Waals surface area (Å²) in [6.07, 6.45) is 1.76. The van der Waals surface area contributed by atoms with E-state index in [2.05, 4.69) is 5.32 Å². The number of methoxy groups -OCH3 is 1. The van der Waals surface area contributed by atoms with E-state index in [9.17, 15) is 9.90 Å². The van der Waals surface area contributed by atoms with Crippen LogP contribution in [0.1, 0.15) is 45.1 Å². The van der Waals surface area contributed by atoms with Crippen LogP contribution in [0.3, 0.4) is 0 Å². The van der Waals surface area contributed by atoms with Crippen LogP contribution in [0, 0.1) is 5.41 Å². The summed E-state index contributed by atoms with van der Waals surface area (Å²) in [5.74, 6) is 0.640. The van der Waals surface area contributed by atoms with Gasteiger partial charge in [-0.25, -0.2) is 0 Å². The number of amides is 1. The van der Waals surface area contributed by atoms with Gasteiger partial charge in [0.2, 0.25) is 5.91 Å². The molecule has 0 aliphatic carbocycles. The average Bonchev–Trinajstić information content (AvgIpc) is 2.50. The molecule has 1 atom stereocenters. The number of carbonyl (C=O) groups excluding carboxylic acids is 1. The van der Waals surface area contributed by atoms with Gasteiger partial charge >= 0.3 is 0 Å². The molecule has 1 unspecified atom stereocenters. The van der Waals surface area contributed by atoms with Crippen molar-refractivity contribution in [1.82, 2.24) is 5.32 Å². The summed E-state index contributed by atoms with van der Waals surface area (Å²) in [5.41, 5.74) is 0.899. The van der Waals surface area contributed by atoms with E-state index in [4.69, 9.17) is 4.74 Å². The molecular weight excluding hydrogens is 266 g/mol. The minimum Gasteiger partial charge on any atom is -0.497 e. The van der Waals surface area contributed by atoms with Gasteiger partial charge in [0.25, 0.3) is 0 Å². The van der Waals surface area contributed by atoms with Gasteiger partial charge in [-0.05, 0) is 42.9 Å². The van der Waals surface area contributed by atoms with E-state index >= 15 is 0 Å². The molecule has 4 heteroatoms. The van der Waals surface area contributed by atoms with Gasteiger partial charge in [-0.3, -0.25) is 4.79 Å². The average molecular weight is 293 g/mol. The van der Waals surface area contributed by atoms with Gasteiger partial charge in [0.1, 0.15) is 5.75 Å². The lowest BCUT2D eigenvalue weighted by Crippen LogP contribution is -2.30. The van der Waals surface area contributed by atoms with Gasteiger partial charge in [0.05, 0.1) is 13.0 Å². The summed E-state index contributed by atoms with van der Waals surface area (Å²) >= 11 is 0. The number of aliphatic hydroxyl groups is 1. The van der Waals surface area contributed by atoms with Crippen molar-refractivity contribution in [3.8, 4) is 5.75 Å². The molecule has 2 N–H and O–H groups in total. The molecule has 1 amide bonds.